The molecule has 9 nitrogen and oxygen atoms in total. The number of methoxy groups -OCH3 is 1. The van der Waals surface area contributed by atoms with Crippen molar-refractivity contribution in [3.63, 3.8) is 0 Å². The maximum atomic E-state index is 15.0. The van der Waals surface area contributed by atoms with E-state index in [9.17, 15) is 31.5 Å². The minimum atomic E-state index is -4.90. The van der Waals surface area contributed by atoms with E-state index in [4.69, 9.17) is 10.5 Å². The van der Waals surface area contributed by atoms with Crippen LogP contribution in [0.5, 0.6) is 5.75 Å². The standard InChI is InChI=1S/C32H33F5N6O3/c1-20-29(41-13-11-40(12-14-41)17-21-5-4-10-39-16-21)30(44)43(19-27(38)23-15-22(33)8-9-28(23)46-2)31(45)42(20)18-24-25(32(35,36)37)6-3-7-26(24)34/h3-10,15-16,27H,11-14,17-19,38H2,1-2H3/t27-/m0/s1. The number of piperazine rings is 1. The molecule has 0 spiro atoms. The molecule has 1 saturated heterocycles. The molecule has 5 rings (SSSR count). The summed E-state index contributed by atoms with van der Waals surface area (Å²) in [6.07, 6.45) is -1.45. The van der Waals surface area contributed by atoms with Gasteiger partial charge >= 0.3 is 11.9 Å². The van der Waals surface area contributed by atoms with Gasteiger partial charge < -0.3 is 15.4 Å². The molecule has 1 aliphatic rings. The molecule has 244 valence electrons. The maximum absolute atomic E-state index is 15.0. The Kier molecular flexibility index (Phi) is 9.58. The van der Waals surface area contributed by atoms with E-state index in [0.29, 0.717) is 32.7 Å². The number of alkyl halides is 3. The lowest BCUT2D eigenvalue weighted by atomic mass is 10.1. The van der Waals surface area contributed by atoms with Crippen molar-refractivity contribution in [2.45, 2.75) is 38.8 Å². The lowest BCUT2D eigenvalue weighted by molar-refractivity contribution is -0.138. The molecule has 0 bridgehead atoms. The predicted molar refractivity (Wildman–Crippen MR) is 162 cm³/mol. The lowest BCUT2D eigenvalue weighted by Crippen LogP contribution is -2.51. The molecule has 2 aromatic heterocycles. The van der Waals surface area contributed by atoms with Crippen LogP contribution in [-0.4, -0.2) is 52.3 Å². The minimum absolute atomic E-state index is 0.0836. The van der Waals surface area contributed by atoms with Gasteiger partial charge in [-0.05, 0) is 48.9 Å². The van der Waals surface area contributed by atoms with Crippen LogP contribution in [0.2, 0.25) is 0 Å². The Bertz CT molecular complexity index is 1820. The van der Waals surface area contributed by atoms with Crippen molar-refractivity contribution in [3.05, 3.63) is 121 Å². The quantitative estimate of drug-likeness (QED) is 0.274. The van der Waals surface area contributed by atoms with Crippen LogP contribution in [0.25, 0.3) is 0 Å². The average Bonchev–Trinajstić information content (AvgIpc) is 3.02. The minimum Gasteiger partial charge on any atom is -0.496 e. The van der Waals surface area contributed by atoms with E-state index in [1.165, 1.54) is 26.2 Å². The first-order valence-corrected chi connectivity index (χ1v) is 14.5. The Morgan fingerprint density at radius 3 is 2.37 bits per heavy atom. The van der Waals surface area contributed by atoms with Crippen molar-refractivity contribution in [1.29, 1.82) is 0 Å². The highest BCUT2D eigenvalue weighted by molar-refractivity contribution is 5.50. The summed E-state index contributed by atoms with van der Waals surface area (Å²) in [6.45, 7) is 2.65. The smallest absolute Gasteiger partial charge is 0.416 e. The Balaban J connectivity index is 1.58. The van der Waals surface area contributed by atoms with Crippen molar-refractivity contribution in [1.82, 2.24) is 19.0 Å². The van der Waals surface area contributed by atoms with Crippen molar-refractivity contribution in [2.75, 3.05) is 38.2 Å². The molecule has 1 aliphatic heterocycles. The fourth-order valence-electron chi connectivity index (χ4n) is 5.81. The first kappa shape index (κ1) is 32.8. The van der Waals surface area contributed by atoms with Crippen LogP contribution in [0.15, 0.2) is 70.5 Å². The Morgan fingerprint density at radius 1 is 0.978 bits per heavy atom. The molecule has 1 atom stereocenters. The fraction of sp³-hybridized carbons (Fsp3) is 0.344. The number of rotatable bonds is 9. The molecule has 0 amide bonds. The van der Waals surface area contributed by atoms with Gasteiger partial charge in [-0.15, -0.1) is 0 Å². The summed E-state index contributed by atoms with van der Waals surface area (Å²) in [6, 6.07) is 8.89. The van der Waals surface area contributed by atoms with Gasteiger partial charge in [0.2, 0.25) is 0 Å². The highest BCUT2D eigenvalue weighted by atomic mass is 19.4. The van der Waals surface area contributed by atoms with Crippen molar-refractivity contribution >= 4 is 5.69 Å². The van der Waals surface area contributed by atoms with E-state index in [1.54, 1.807) is 17.3 Å². The zero-order chi connectivity index (χ0) is 33.2. The molecule has 0 unspecified atom stereocenters. The average molecular weight is 645 g/mol. The molecule has 0 radical (unpaired) electrons. The van der Waals surface area contributed by atoms with E-state index in [-0.39, 0.29) is 22.7 Å². The molecule has 4 aromatic rings. The molecule has 1 fully saturated rings. The van der Waals surface area contributed by atoms with Gasteiger partial charge in [-0.3, -0.25) is 23.8 Å². The van der Waals surface area contributed by atoms with Gasteiger partial charge in [-0.25, -0.2) is 13.6 Å². The van der Waals surface area contributed by atoms with E-state index < -0.39 is 59.3 Å². The van der Waals surface area contributed by atoms with Crippen LogP contribution in [0, 0.1) is 18.6 Å². The predicted octanol–water partition coefficient (Wildman–Crippen LogP) is 4.09. The second-order valence-corrected chi connectivity index (χ2v) is 11.1. The molecule has 3 heterocycles. The van der Waals surface area contributed by atoms with Gasteiger partial charge in [0.25, 0.3) is 5.56 Å². The summed E-state index contributed by atoms with van der Waals surface area (Å²) in [5.74, 6) is -1.55. The van der Waals surface area contributed by atoms with E-state index in [0.717, 1.165) is 39.0 Å². The highest BCUT2D eigenvalue weighted by Gasteiger charge is 2.35. The molecule has 2 aromatic carbocycles. The SMILES string of the molecule is COc1ccc(F)cc1[C@@H](N)Cn1c(=O)c(N2CCN(Cc3cccnc3)CC2)c(C)n(Cc2c(F)cccc2C(F)(F)F)c1=O. The second kappa shape index (κ2) is 13.4. The Hall–Kier alpha value is -4.56. The van der Waals surface area contributed by atoms with Gasteiger partial charge in [0.05, 0.1) is 31.8 Å². The van der Waals surface area contributed by atoms with Crippen LogP contribution in [0.3, 0.4) is 0 Å². The van der Waals surface area contributed by atoms with Gasteiger partial charge in [0.1, 0.15) is 23.1 Å². The highest BCUT2D eigenvalue weighted by Crippen LogP contribution is 2.34. The third-order valence-corrected chi connectivity index (χ3v) is 8.19. The Labute approximate surface area is 261 Å². The molecule has 0 aliphatic carbocycles. The summed E-state index contributed by atoms with van der Waals surface area (Å²) in [5.41, 5.74) is 4.08. The molecular weight excluding hydrogens is 611 g/mol. The van der Waals surface area contributed by atoms with Gasteiger partial charge in [-0.1, -0.05) is 12.1 Å². The van der Waals surface area contributed by atoms with Crippen LogP contribution in [0.1, 0.15) is 34.0 Å². The molecule has 46 heavy (non-hydrogen) atoms. The third-order valence-electron chi connectivity index (χ3n) is 8.19. The van der Waals surface area contributed by atoms with Crippen LogP contribution >= 0.6 is 0 Å². The van der Waals surface area contributed by atoms with Crippen LogP contribution < -0.4 is 26.6 Å². The zero-order valence-electron chi connectivity index (χ0n) is 25.2. The normalized spacial score (nSPS) is 14.8. The van der Waals surface area contributed by atoms with E-state index in [2.05, 4.69) is 9.88 Å². The number of pyridine rings is 1. The summed E-state index contributed by atoms with van der Waals surface area (Å²) < 4.78 is 77.9. The topological polar surface area (TPSA) is 98.6 Å². The summed E-state index contributed by atoms with van der Waals surface area (Å²) in [7, 11) is 1.35. The fourth-order valence-corrected chi connectivity index (χ4v) is 5.81. The number of benzene rings is 2. The molecule has 0 saturated carbocycles. The summed E-state index contributed by atoms with van der Waals surface area (Å²) >= 11 is 0. The second-order valence-electron chi connectivity index (χ2n) is 11.1. The number of aromatic nitrogens is 3. The summed E-state index contributed by atoms with van der Waals surface area (Å²) in [5, 5.41) is 0. The molecule has 2 N–H and O–H groups in total. The summed E-state index contributed by atoms with van der Waals surface area (Å²) in [4.78, 5) is 36.0. The number of halogens is 5. The number of hydrogen-bond donors (Lipinski definition) is 1. The maximum Gasteiger partial charge on any atom is 0.416 e. The largest absolute Gasteiger partial charge is 0.496 e. The van der Waals surface area contributed by atoms with E-state index >= 15 is 0 Å². The number of nitrogens with zero attached hydrogens (tertiary/aromatic N) is 5. The first-order chi connectivity index (χ1) is 21.9. The first-order valence-electron chi connectivity index (χ1n) is 14.5. The van der Waals surface area contributed by atoms with E-state index in [1.807, 2.05) is 12.1 Å². The number of ether oxygens (including phenoxy) is 1. The van der Waals surface area contributed by atoms with Gasteiger partial charge in [0, 0.05) is 61.9 Å². The van der Waals surface area contributed by atoms with Gasteiger partial charge in [0.15, 0.2) is 0 Å². The number of nitrogens with two attached hydrogens (primary N) is 1. The van der Waals surface area contributed by atoms with Crippen LogP contribution in [0.4, 0.5) is 27.6 Å². The van der Waals surface area contributed by atoms with Crippen LogP contribution in [-0.2, 0) is 25.8 Å². The van der Waals surface area contributed by atoms with Gasteiger partial charge in [-0.2, -0.15) is 13.2 Å². The third kappa shape index (κ3) is 6.82. The number of anilines is 1. The van der Waals surface area contributed by atoms with Crippen molar-refractivity contribution in [3.8, 4) is 5.75 Å². The zero-order valence-corrected chi connectivity index (χ0v) is 25.2. The molecular formula is C32H33F5N6O3. The van der Waals surface area contributed by atoms with Crippen molar-refractivity contribution in [2.24, 2.45) is 5.73 Å². The monoisotopic (exact) mass is 644 g/mol. The lowest BCUT2D eigenvalue weighted by Gasteiger charge is -2.37. The number of hydrogen-bond acceptors (Lipinski definition) is 7. The van der Waals surface area contributed by atoms with Crippen molar-refractivity contribution < 1.29 is 26.7 Å². The molecule has 14 heteroatoms. The Morgan fingerprint density at radius 2 is 1.72 bits per heavy atom.